The third kappa shape index (κ3) is 2.85. The van der Waals surface area contributed by atoms with Gasteiger partial charge in [0.15, 0.2) is 0 Å². The Morgan fingerprint density at radius 3 is 2.38 bits per heavy atom. The molecule has 5 nitrogen and oxygen atoms in total. The molecule has 0 saturated heterocycles. The summed E-state index contributed by atoms with van der Waals surface area (Å²) in [6, 6.07) is 3.62. The normalized spacial score (nSPS) is 9.94. The summed E-state index contributed by atoms with van der Waals surface area (Å²) in [7, 11) is 3.13. The fourth-order valence-corrected chi connectivity index (χ4v) is 1.52. The molecule has 0 N–H and O–H groups in total. The van der Waals surface area contributed by atoms with Crippen LogP contribution in [0.1, 0.15) is 11.1 Å². The second-order valence-electron chi connectivity index (χ2n) is 3.44. The summed E-state index contributed by atoms with van der Waals surface area (Å²) in [5.74, 6) is 1.39. The fourth-order valence-electron chi connectivity index (χ4n) is 1.52. The van der Waals surface area contributed by atoms with Gasteiger partial charge in [-0.3, -0.25) is 10.1 Å². The lowest BCUT2D eigenvalue weighted by Crippen LogP contribution is -2.06. The maximum atomic E-state index is 10.3. The van der Waals surface area contributed by atoms with Gasteiger partial charge in [-0.15, -0.1) is 0 Å². The van der Waals surface area contributed by atoms with E-state index in [4.69, 9.17) is 9.47 Å². The van der Waals surface area contributed by atoms with E-state index >= 15 is 0 Å². The molecule has 0 unspecified atom stereocenters. The van der Waals surface area contributed by atoms with Gasteiger partial charge in [-0.2, -0.15) is 0 Å². The molecule has 5 heteroatoms. The highest BCUT2D eigenvalue weighted by Gasteiger charge is 2.10. The van der Waals surface area contributed by atoms with Crippen LogP contribution in [0.3, 0.4) is 0 Å². The monoisotopic (exact) mass is 225 g/mol. The van der Waals surface area contributed by atoms with Crippen LogP contribution in [0.25, 0.3) is 0 Å². The predicted molar refractivity (Wildman–Crippen MR) is 59.8 cm³/mol. The largest absolute Gasteiger partial charge is 0.496 e. The molecule has 0 amide bonds. The summed E-state index contributed by atoms with van der Waals surface area (Å²) in [5.41, 5.74) is 1.74. The number of methoxy groups -OCH3 is 2. The van der Waals surface area contributed by atoms with E-state index < -0.39 is 0 Å². The van der Waals surface area contributed by atoms with Gasteiger partial charge in [0.1, 0.15) is 11.5 Å². The molecule has 1 aromatic carbocycles. The van der Waals surface area contributed by atoms with Crippen molar-refractivity contribution in [2.24, 2.45) is 0 Å². The minimum atomic E-state index is -0.341. The number of hydrogen-bond acceptors (Lipinski definition) is 4. The van der Waals surface area contributed by atoms with Crippen LogP contribution >= 0.6 is 0 Å². The highest BCUT2D eigenvalue weighted by Crippen LogP contribution is 2.28. The number of ether oxygens (including phenoxy) is 2. The summed E-state index contributed by atoms with van der Waals surface area (Å²) in [4.78, 5) is 9.99. The highest BCUT2D eigenvalue weighted by atomic mass is 16.6. The van der Waals surface area contributed by atoms with Gasteiger partial charge >= 0.3 is 0 Å². The van der Waals surface area contributed by atoms with Crippen molar-refractivity contribution in [3.8, 4) is 11.5 Å². The van der Waals surface area contributed by atoms with Crippen LogP contribution in [-0.4, -0.2) is 25.7 Å². The van der Waals surface area contributed by atoms with Crippen LogP contribution in [0.4, 0.5) is 0 Å². The number of rotatable bonds is 5. The molecule has 0 aromatic heterocycles. The average molecular weight is 225 g/mol. The zero-order valence-electron chi connectivity index (χ0n) is 9.65. The van der Waals surface area contributed by atoms with Gasteiger partial charge in [-0.25, -0.2) is 0 Å². The molecule has 0 aliphatic heterocycles. The lowest BCUT2D eigenvalue weighted by atomic mass is 10.1. The van der Waals surface area contributed by atoms with Crippen molar-refractivity contribution < 1.29 is 14.4 Å². The summed E-state index contributed by atoms with van der Waals surface area (Å²) in [6.45, 7) is 1.79. The first-order valence-corrected chi connectivity index (χ1v) is 4.91. The molecule has 16 heavy (non-hydrogen) atoms. The first kappa shape index (κ1) is 12.3. The van der Waals surface area contributed by atoms with Crippen molar-refractivity contribution in [1.82, 2.24) is 0 Å². The molecule has 0 fully saturated rings. The van der Waals surface area contributed by atoms with E-state index in [0.717, 1.165) is 16.9 Å². The van der Waals surface area contributed by atoms with E-state index in [2.05, 4.69) is 0 Å². The molecule has 0 aliphatic carbocycles. The van der Waals surface area contributed by atoms with E-state index in [1.165, 1.54) is 0 Å². The van der Waals surface area contributed by atoms with Gasteiger partial charge in [0.25, 0.3) is 0 Å². The number of nitro groups is 1. The third-order valence-corrected chi connectivity index (χ3v) is 2.36. The van der Waals surface area contributed by atoms with E-state index in [1.807, 2.05) is 13.0 Å². The zero-order chi connectivity index (χ0) is 12.1. The van der Waals surface area contributed by atoms with Crippen LogP contribution in [0.15, 0.2) is 12.1 Å². The molecule has 88 valence electrons. The summed E-state index contributed by atoms with van der Waals surface area (Å²) in [5, 5.41) is 10.3. The van der Waals surface area contributed by atoms with Crippen molar-refractivity contribution in [1.29, 1.82) is 0 Å². The fraction of sp³-hybridized carbons (Fsp3) is 0.455. The Balaban J connectivity index is 2.99. The van der Waals surface area contributed by atoms with Crippen LogP contribution in [0.2, 0.25) is 0 Å². The minimum Gasteiger partial charge on any atom is -0.496 e. The Morgan fingerprint density at radius 2 is 1.88 bits per heavy atom. The van der Waals surface area contributed by atoms with Gasteiger partial charge in [0.2, 0.25) is 6.54 Å². The standard InChI is InChI=1S/C11H15NO4/c1-8-6-11(16-3)9(4-5-12(13)14)7-10(8)15-2/h6-7H,4-5H2,1-3H3. The SMILES string of the molecule is COc1cc(CC[N+](=O)[O-])c(OC)cc1C. The number of hydrogen-bond donors (Lipinski definition) is 0. The van der Waals surface area contributed by atoms with E-state index in [1.54, 1.807) is 20.3 Å². The number of benzene rings is 1. The number of aryl methyl sites for hydroxylation is 1. The third-order valence-electron chi connectivity index (χ3n) is 2.36. The topological polar surface area (TPSA) is 61.6 Å². The lowest BCUT2D eigenvalue weighted by molar-refractivity contribution is -0.479. The Kier molecular flexibility index (Phi) is 4.10. The molecular formula is C11H15NO4. The maximum absolute atomic E-state index is 10.3. The molecule has 0 spiro atoms. The van der Waals surface area contributed by atoms with Crippen molar-refractivity contribution in [2.45, 2.75) is 13.3 Å². The second-order valence-corrected chi connectivity index (χ2v) is 3.44. The Labute approximate surface area is 94.1 Å². The first-order valence-electron chi connectivity index (χ1n) is 4.91. The van der Waals surface area contributed by atoms with E-state index in [0.29, 0.717) is 12.2 Å². The van der Waals surface area contributed by atoms with Crippen molar-refractivity contribution in [3.63, 3.8) is 0 Å². The van der Waals surface area contributed by atoms with Crippen molar-refractivity contribution in [2.75, 3.05) is 20.8 Å². The molecule has 0 bridgehead atoms. The summed E-state index contributed by atoms with van der Waals surface area (Å²) < 4.78 is 10.3. The van der Waals surface area contributed by atoms with Crippen LogP contribution in [-0.2, 0) is 6.42 Å². The smallest absolute Gasteiger partial charge is 0.208 e. The van der Waals surface area contributed by atoms with Crippen LogP contribution in [0.5, 0.6) is 11.5 Å². The molecule has 0 saturated carbocycles. The van der Waals surface area contributed by atoms with Gasteiger partial charge in [-0.1, -0.05) is 0 Å². The lowest BCUT2D eigenvalue weighted by Gasteiger charge is -2.11. The summed E-state index contributed by atoms with van der Waals surface area (Å²) >= 11 is 0. The molecule has 1 rings (SSSR count). The van der Waals surface area contributed by atoms with Crippen LogP contribution in [0, 0.1) is 17.0 Å². The molecule has 0 aliphatic rings. The maximum Gasteiger partial charge on any atom is 0.208 e. The molecular weight excluding hydrogens is 210 g/mol. The number of nitrogens with zero attached hydrogens (tertiary/aromatic N) is 1. The molecule has 0 heterocycles. The predicted octanol–water partition coefficient (Wildman–Crippen LogP) is 1.83. The molecule has 0 radical (unpaired) electrons. The average Bonchev–Trinajstić information content (AvgIpc) is 2.26. The first-order chi connectivity index (χ1) is 7.58. The highest BCUT2D eigenvalue weighted by molar-refractivity contribution is 5.46. The van der Waals surface area contributed by atoms with Gasteiger partial charge in [0, 0.05) is 16.9 Å². The molecule has 0 atom stereocenters. The van der Waals surface area contributed by atoms with Crippen molar-refractivity contribution >= 4 is 0 Å². The Hall–Kier alpha value is -1.78. The minimum absolute atomic E-state index is 0.109. The van der Waals surface area contributed by atoms with E-state index in [-0.39, 0.29) is 11.5 Å². The summed E-state index contributed by atoms with van der Waals surface area (Å²) in [6.07, 6.45) is 0.340. The quantitative estimate of drug-likeness (QED) is 0.566. The van der Waals surface area contributed by atoms with E-state index in [9.17, 15) is 10.1 Å². The molecule has 1 aromatic rings. The Morgan fingerprint density at radius 1 is 1.25 bits per heavy atom. The van der Waals surface area contributed by atoms with Crippen LogP contribution < -0.4 is 9.47 Å². The van der Waals surface area contributed by atoms with Gasteiger partial charge in [0.05, 0.1) is 14.2 Å². The van der Waals surface area contributed by atoms with Gasteiger partial charge < -0.3 is 9.47 Å². The second kappa shape index (κ2) is 5.34. The van der Waals surface area contributed by atoms with Crippen molar-refractivity contribution in [3.05, 3.63) is 33.4 Å². The Bertz CT molecular complexity index is 390. The van der Waals surface area contributed by atoms with Gasteiger partial charge in [-0.05, 0) is 24.6 Å². The zero-order valence-corrected chi connectivity index (χ0v) is 9.65.